The maximum Gasteiger partial charge on any atom is 0.0628 e. The second kappa shape index (κ2) is 7.44. The first-order valence-corrected chi connectivity index (χ1v) is 9.11. The van der Waals surface area contributed by atoms with Crippen molar-refractivity contribution in [2.24, 2.45) is 11.8 Å². The van der Waals surface area contributed by atoms with E-state index >= 15 is 0 Å². The number of nitrogens with zero attached hydrogens (tertiary/aromatic N) is 2. The summed E-state index contributed by atoms with van der Waals surface area (Å²) in [5, 5.41) is 8.47. The van der Waals surface area contributed by atoms with Crippen molar-refractivity contribution in [2.45, 2.75) is 70.8 Å². The molecule has 0 saturated heterocycles. The monoisotopic (exact) mass is 289 g/mol. The summed E-state index contributed by atoms with van der Waals surface area (Å²) in [6.07, 6.45) is 14.5. The highest BCUT2D eigenvalue weighted by Gasteiger charge is 2.26. The average Bonchev–Trinajstić information content (AvgIpc) is 3.24. The van der Waals surface area contributed by atoms with Crippen LogP contribution in [0.2, 0.25) is 0 Å². The van der Waals surface area contributed by atoms with E-state index in [1.165, 1.54) is 57.1 Å². The van der Waals surface area contributed by atoms with E-state index in [0.29, 0.717) is 6.04 Å². The van der Waals surface area contributed by atoms with Crippen LogP contribution in [-0.2, 0) is 6.42 Å². The molecule has 3 heteroatoms. The number of nitrogens with one attached hydrogen (secondary N) is 1. The van der Waals surface area contributed by atoms with Crippen LogP contribution in [0.15, 0.2) is 12.3 Å². The second-order valence-corrected chi connectivity index (χ2v) is 7.04. The van der Waals surface area contributed by atoms with Gasteiger partial charge in [0.2, 0.25) is 0 Å². The van der Waals surface area contributed by atoms with E-state index in [0.717, 1.165) is 31.3 Å². The highest BCUT2D eigenvalue weighted by atomic mass is 15.3. The fraction of sp³-hybridized carbons (Fsp3) is 0.833. The minimum absolute atomic E-state index is 0.678. The Morgan fingerprint density at radius 1 is 1.19 bits per heavy atom. The Labute approximate surface area is 129 Å². The first-order chi connectivity index (χ1) is 10.4. The van der Waals surface area contributed by atoms with Gasteiger partial charge in [-0.1, -0.05) is 45.4 Å². The molecule has 1 atom stereocenters. The Hall–Kier alpha value is -0.830. The third kappa shape index (κ3) is 3.88. The van der Waals surface area contributed by atoms with Crippen LogP contribution in [0.25, 0.3) is 0 Å². The molecule has 1 aromatic heterocycles. The summed E-state index contributed by atoms with van der Waals surface area (Å²) in [6.45, 7) is 4.46. The minimum atomic E-state index is 0.678. The molecule has 1 N–H and O–H groups in total. The number of hydrogen-bond acceptors (Lipinski definition) is 2. The lowest BCUT2D eigenvalue weighted by Gasteiger charge is -2.23. The molecule has 1 heterocycles. The standard InChI is InChI=1S/C18H31N3/c1-2-19-14-16(15-7-3-4-8-15)13-17-11-12-21(20-17)18-9-5-6-10-18/h11-12,15-16,18-19H,2-10,13-14H2,1H3. The lowest BCUT2D eigenvalue weighted by Crippen LogP contribution is -2.29. The van der Waals surface area contributed by atoms with Crippen LogP contribution >= 0.6 is 0 Å². The molecule has 3 nitrogen and oxygen atoms in total. The zero-order chi connectivity index (χ0) is 14.5. The molecule has 3 rings (SSSR count). The van der Waals surface area contributed by atoms with Gasteiger partial charge in [0.05, 0.1) is 11.7 Å². The maximum atomic E-state index is 4.90. The van der Waals surface area contributed by atoms with E-state index in [-0.39, 0.29) is 0 Å². The van der Waals surface area contributed by atoms with Gasteiger partial charge in [-0.05, 0) is 50.3 Å². The molecule has 118 valence electrons. The van der Waals surface area contributed by atoms with Crippen LogP contribution in [-0.4, -0.2) is 22.9 Å². The Balaban J connectivity index is 1.61. The summed E-state index contributed by atoms with van der Waals surface area (Å²) in [5.74, 6) is 1.69. The van der Waals surface area contributed by atoms with Gasteiger partial charge in [-0.15, -0.1) is 0 Å². The van der Waals surface area contributed by atoms with Crippen molar-refractivity contribution in [3.05, 3.63) is 18.0 Å². The van der Waals surface area contributed by atoms with Gasteiger partial charge in [0.15, 0.2) is 0 Å². The molecule has 0 radical (unpaired) electrons. The summed E-state index contributed by atoms with van der Waals surface area (Å²) in [7, 11) is 0. The van der Waals surface area contributed by atoms with E-state index in [2.05, 4.69) is 29.2 Å². The molecule has 0 bridgehead atoms. The molecule has 1 aromatic rings. The van der Waals surface area contributed by atoms with Gasteiger partial charge in [0, 0.05) is 6.20 Å². The lowest BCUT2D eigenvalue weighted by molar-refractivity contribution is 0.319. The number of hydrogen-bond donors (Lipinski definition) is 1. The number of rotatable bonds is 7. The van der Waals surface area contributed by atoms with Crippen molar-refractivity contribution in [3.8, 4) is 0 Å². The molecular weight excluding hydrogens is 258 g/mol. The molecule has 2 aliphatic carbocycles. The Morgan fingerprint density at radius 3 is 2.62 bits per heavy atom. The predicted molar refractivity (Wildman–Crippen MR) is 87.4 cm³/mol. The van der Waals surface area contributed by atoms with E-state index in [1.54, 1.807) is 0 Å². The van der Waals surface area contributed by atoms with E-state index < -0.39 is 0 Å². The van der Waals surface area contributed by atoms with Crippen molar-refractivity contribution in [2.75, 3.05) is 13.1 Å². The van der Waals surface area contributed by atoms with Gasteiger partial charge in [0.1, 0.15) is 0 Å². The fourth-order valence-corrected chi connectivity index (χ4v) is 4.29. The molecule has 2 saturated carbocycles. The Morgan fingerprint density at radius 2 is 1.90 bits per heavy atom. The summed E-state index contributed by atoms with van der Waals surface area (Å²) in [6, 6.07) is 2.95. The SMILES string of the molecule is CCNCC(Cc1ccn(C2CCCC2)n1)C1CCCC1. The normalized spacial score (nSPS) is 22.1. The predicted octanol–water partition coefficient (Wildman–Crippen LogP) is 3.96. The maximum absolute atomic E-state index is 4.90. The first kappa shape index (κ1) is 15.1. The first-order valence-electron chi connectivity index (χ1n) is 9.11. The van der Waals surface area contributed by atoms with Gasteiger partial charge in [-0.2, -0.15) is 5.10 Å². The molecule has 2 aliphatic rings. The van der Waals surface area contributed by atoms with Crippen molar-refractivity contribution < 1.29 is 0 Å². The lowest BCUT2D eigenvalue weighted by atomic mass is 9.87. The molecular formula is C18H31N3. The zero-order valence-electron chi connectivity index (χ0n) is 13.6. The molecule has 2 fully saturated rings. The Bertz CT molecular complexity index is 414. The van der Waals surface area contributed by atoms with Crippen molar-refractivity contribution in [1.82, 2.24) is 15.1 Å². The summed E-state index contributed by atoms with van der Waals surface area (Å²) >= 11 is 0. The molecule has 0 amide bonds. The zero-order valence-corrected chi connectivity index (χ0v) is 13.6. The molecule has 0 spiro atoms. The van der Waals surface area contributed by atoms with Crippen molar-refractivity contribution >= 4 is 0 Å². The third-order valence-electron chi connectivity index (χ3n) is 5.56. The molecule has 21 heavy (non-hydrogen) atoms. The van der Waals surface area contributed by atoms with Crippen LogP contribution in [0, 0.1) is 11.8 Å². The van der Waals surface area contributed by atoms with Crippen molar-refractivity contribution in [1.29, 1.82) is 0 Å². The van der Waals surface area contributed by atoms with Crippen LogP contribution in [0.5, 0.6) is 0 Å². The van der Waals surface area contributed by atoms with Crippen LogP contribution < -0.4 is 5.32 Å². The fourth-order valence-electron chi connectivity index (χ4n) is 4.29. The highest BCUT2D eigenvalue weighted by Crippen LogP contribution is 2.33. The largest absolute Gasteiger partial charge is 0.317 e. The van der Waals surface area contributed by atoms with Crippen LogP contribution in [0.1, 0.15) is 70.0 Å². The topological polar surface area (TPSA) is 29.9 Å². The van der Waals surface area contributed by atoms with Gasteiger partial charge in [0.25, 0.3) is 0 Å². The highest BCUT2D eigenvalue weighted by molar-refractivity contribution is 5.02. The third-order valence-corrected chi connectivity index (χ3v) is 5.56. The molecule has 0 aromatic carbocycles. The van der Waals surface area contributed by atoms with E-state index in [1.807, 2.05) is 0 Å². The van der Waals surface area contributed by atoms with Crippen LogP contribution in [0.4, 0.5) is 0 Å². The summed E-state index contributed by atoms with van der Waals surface area (Å²) in [5.41, 5.74) is 1.32. The van der Waals surface area contributed by atoms with Gasteiger partial charge >= 0.3 is 0 Å². The van der Waals surface area contributed by atoms with Crippen molar-refractivity contribution in [3.63, 3.8) is 0 Å². The summed E-state index contributed by atoms with van der Waals surface area (Å²) in [4.78, 5) is 0. The average molecular weight is 289 g/mol. The minimum Gasteiger partial charge on any atom is -0.317 e. The van der Waals surface area contributed by atoms with E-state index in [9.17, 15) is 0 Å². The number of aromatic nitrogens is 2. The quantitative estimate of drug-likeness (QED) is 0.823. The second-order valence-electron chi connectivity index (χ2n) is 7.04. The smallest absolute Gasteiger partial charge is 0.0628 e. The Kier molecular flexibility index (Phi) is 5.34. The van der Waals surface area contributed by atoms with Gasteiger partial charge in [-0.3, -0.25) is 4.68 Å². The molecule has 0 aliphatic heterocycles. The van der Waals surface area contributed by atoms with Gasteiger partial charge in [-0.25, -0.2) is 0 Å². The summed E-state index contributed by atoms with van der Waals surface area (Å²) < 4.78 is 2.25. The van der Waals surface area contributed by atoms with Crippen LogP contribution in [0.3, 0.4) is 0 Å². The van der Waals surface area contributed by atoms with Gasteiger partial charge < -0.3 is 5.32 Å². The molecule has 1 unspecified atom stereocenters. The van der Waals surface area contributed by atoms with E-state index in [4.69, 9.17) is 5.10 Å².